The maximum Gasteiger partial charge on any atom is 0.156 e. The zero-order valence-corrected chi connectivity index (χ0v) is 11.9. The molecule has 0 saturated carbocycles. The molecule has 1 fully saturated rings. The Balaban J connectivity index is 1.83. The molecular weight excluding hydrogens is 298 g/mol. The number of pyridine rings is 1. The lowest BCUT2D eigenvalue weighted by molar-refractivity contribution is 0.646. The molecule has 0 aromatic carbocycles. The molecule has 0 bridgehead atoms. The summed E-state index contributed by atoms with van der Waals surface area (Å²) in [6, 6.07) is 5.98. The first kappa shape index (κ1) is 11.5. The summed E-state index contributed by atoms with van der Waals surface area (Å²) in [7, 11) is 0. The second-order valence-electron chi connectivity index (χ2n) is 4.34. The van der Waals surface area contributed by atoms with E-state index in [0.717, 1.165) is 22.5 Å². The zero-order chi connectivity index (χ0) is 11.7. The van der Waals surface area contributed by atoms with Gasteiger partial charge in [-0.3, -0.25) is 0 Å². The van der Waals surface area contributed by atoms with Crippen LogP contribution >= 0.6 is 27.7 Å². The smallest absolute Gasteiger partial charge is 0.156 e. The molecule has 2 aromatic heterocycles. The molecule has 1 aliphatic rings. The molecule has 1 aliphatic heterocycles. The Hall–Kier alpha value is -0.550. The highest BCUT2D eigenvalue weighted by atomic mass is 79.9. The van der Waals surface area contributed by atoms with Gasteiger partial charge in [0.2, 0.25) is 0 Å². The third kappa shape index (κ3) is 2.50. The summed E-state index contributed by atoms with van der Waals surface area (Å²) >= 11 is 5.56. The van der Waals surface area contributed by atoms with Gasteiger partial charge in [0, 0.05) is 11.7 Å². The number of rotatable bonds is 2. The lowest BCUT2D eigenvalue weighted by Crippen LogP contribution is -2.13. The highest BCUT2D eigenvalue weighted by Gasteiger charge is 2.17. The van der Waals surface area contributed by atoms with Crippen molar-refractivity contribution in [2.24, 2.45) is 0 Å². The van der Waals surface area contributed by atoms with E-state index in [0.29, 0.717) is 5.25 Å². The molecule has 0 N–H and O–H groups in total. The molecular formula is C12H14BrN3S. The topological polar surface area (TPSA) is 30.2 Å². The van der Waals surface area contributed by atoms with Crippen LogP contribution in [0.3, 0.4) is 0 Å². The van der Waals surface area contributed by atoms with Crippen molar-refractivity contribution >= 4 is 33.3 Å². The average molecular weight is 312 g/mol. The Morgan fingerprint density at radius 1 is 1.41 bits per heavy atom. The molecule has 1 saturated heterocycles. The van der Waals surface area contributed by atoms with E-state index in [9.17, 15) is 0 Å². The van der Waals surface area contributed by atoms with E-state index in [4.69, 9.17) is 0 Å². The first-order valence-corrected chi connectivity index (χ1v) is 7.79. The normalized spacial score (nSPS) is 20.9. The van der Waals surface area contributed by atoms with Crippen LogP contribution in [0, 0.1) is 0 Å². The molecule has 1 unspecified atom stereocenters. The number of fused-ring (bicyclic) bond motifs is 1. The fourth-order valence-electron chi connectivity index (χ4n) is 2.18. The zero-order valence-electron chi connectivity index (χ0n) is 9.47. The summed E-state index contributed by atoms with van der Waals surface area (Å²) in [5.74, 6) is 2.26. The van der Waals surface area contributed by atoms with Gasteiger partial charge in [-0.1, -0.05) is 12.5 Å². The van der Waals surface area contributed by atoms with Gasteiger partial charge in [0.05, 0.1) is 0 Å². The predicted molar refractivity (Wildman–Crippen MR) is 74.5 cm³/mol. The van der Waals surface area contributed by atoms with Crippen LogP contribution in [0.2, 0.25) is 0 Å². The third-order valence-electron chi connectivity index (χ3n) is 3.04. The van der Waals surface area contributed by atoms with Crippen LogP contribution in [0.4, 0.5) is 0 Å². The molecule has 0 spiro atoms. The molecule has 17 heavy (non-hydrogen) atoms. The van der Waals surface area contributed by atoms with Crippen molar-refractivity contribution in [3.8, 4) is 0 Å². The summed E-state index contributed by atoms with van der Waals surface area (Å²) < 4.78 is 2.83. The van der Waals surface area contributed by atoms with E-state index in [1.807, 2.05) is 22.7 Å². The van der Waals surface area contributed by atoms with Crippen LogP contribution < -0.4 is 0 Å². The summed E-state index contributed by atoms with van der Waals surface area (Å²) in [6.07, 6.45) is 5.03. The molecule has 3 rings (SSSR count). The monoisotopic (exact) mass is 311 g/mol. The lowest BCUT2D eigenvalue weighted by atomic mass is 10.1. The van der Waals surface area contributed by atoms with Gasteiger partial charge >= 0.3 is 0 Å². The van der Waals surface area contributed by atoms with Crippen molar-refractivity contribution in [2.45, 2.75) is 30.9 Å². The van der Waals surface area contributed by atoms with Gasteiger partial charge in [0.1, 0.15) is 4.60 Å². The molecule has 5 heteroatoms. The van der Waals surface area contributed by atoms with Crippen molar-refractivity contribution in [1.29, 1.82) is 0 Å². The Morgan fingerprint density at radius 2 is 2.35 bits per heavy atom. The van der Waals surface area contributed by atoms with Crippen LogP contribution in [-0.2, 0) is 6.42 Å². The van der Waals surface area contributed by atoms with Gasteiger partial charge in [-0.05, 0) is 46.7 Å². The van der Waals surface area contributed by atoms with Crippen LogP contribution in [-0.4, -0.2) is 25.6 Å². The van der Waals surface area contributed by atoms with Crippen molar-refractivity contribution in [3.05, 3.63) is 28.6 Å². The largest absolute Gasteiger partial charge is 0.212 e. The minimum atomic E-state index is 0.708. The highest BCUT2D eigenvalue weighted by Crippen LogP contribution is 2.27. The minimum absolute atomic E-state index is 0.708. The first-order valence-electron chi connectivity index (χ1n) is 5.95. The second kappa shape index (κ2) is 4.98. The summed E-state index contributed by atoms with van der Waals surface area (Å²) in [4.78, 5) is 4.58. The van der Waals surface area contributed by atoms with Gasteiger partial charge in [-0.25, -0.2) is 9.50 Å². The Bertz CT molecular complexity index is 519. The number of thioether (sulfide) groups is 1. The van der Waals surface area contributed by atoms with Gasteiger partial charge in [0.15, 0.2) is 11.5 Å². The number of aromatic nitrogens is 3. The third-order valence-corrected chi connectivity index (χ3v) is 5.04. The van der Waals surface area contributed by atoms with Crippen LogP contribution in [0.1, 0.15) is 25.1 Å². The molecule has 0 amide bonds. The highest BCUT2D eigenvalue weighted by molar-refractivity contribution is 9.10. The number of hydrogen-bond acceptors (Lipinski definition) is 3. The van der Waals surface area contributed by atoms with Gasteiger partial charge < -0.3 is 0 Å². The summed E-state index contributed by atoms with van der Waals surface area (Å²) in [5, 5.41) is 5.26. The summed E-state index contributed by atoms with van der Waals surface area (Å²) in [5.41, 5.74) is 0.926. The Kier molecular flexibility index (Phi) is 3.38. The molecule has 2 aromatic rings. The van der Waals surface area contributed by atoms with Crippen molar-refractivity contribution in [2.75, 3.05) is 5.75 Å². The van der Waals surface area contributed by atoms with Crippen LogP contribution in [0.15, 0.2) is 22.8 Å². The molecule has 90 valence electrons. The van der Waals surface area contributed by atoms with Crippen LogP contribution in [0.25, 0.3) is 5.65 Å². The van der Waals surface area contributed by atoms with Gasteiger partial charge in [-0.15, -0.1) is 0 Å². The Labute approximate surface area is 113 Å². The fourth-order valence-corrected chi connectivity index (χ4v) is 3.89. The summed E-state index contributed by atoms with van der Waals surface area (Å²) in [6.45, 7) is 0. The van der Waals surface area contributed by atoms with Gasteiger partial charge in [-0.2, -0.15) is 16.9 Å². The molecule has 0 aliphatic carbocycles. The van der Waals surface area contributed by atoms with Crippen molar-refractivity contribution < 1.29 is 0 Å². The molecule has 3 heterocycles. The Morgan fingerprint density at radius 3 is 3.12 bits per heavy atom. The molecule has 1 atom stereocenters. The van der Waals surface area contributed by atoms with E-state index in [1.165, 1.54) is 25.0 Å². The van der Waals surface area contributed by atoms with E-state index in [1.54, 1.807) is 0 Å². The average Bonchev–Trinajstić information content (AvgIpc) is 2.74. The van der Waals surface area contributed by atoms with Crippen molar-refractivity contribution in [1.82, 2.24) is 14.6 Å². The first-order chi connectivity index (χ1) is 8.33. The number of halogens is 1. The SMILES string of the molecule is Brc1cccc2nc(CC3CCCCS3)nn12. The number of hydrogen-bond donors (Lipinski definition) is 0. The fraction of sp³-hybridized carbons (Fsp3) is 0.500. The second-order valence-corrected chi connectivity index (χ2v) is 6.56. The van der Waals surface area contributed by atoms with E-state index in [2.05, 4.69) is 37.8 Å². The van der Waals surface area contributed by atoms with Crippen LogP contribution in [0.5, 0.6) is 0 Å². The quantitative estimate of drug-likeness (QED) is 0.797. The maximum absolute atomic E-state index is 4.58. The molecule has 3 nitrogen and oxygen atoms in total. The van der Waals surface area contributed by atoms with Crippen molar-refractivity contribution in [3.63, 3.8) is 0 Å². The minimum Gasteiger partial charge on any atom is -0.212 e. The van der Waals surface area contributed by atoms with Gasteiger partial charge in [0.25, 0.3) is 0 Å². The standard InChI is InChI=1S/C12H14BrN3S/c13-10-5-3-6-12-14-11(15-16(10)12)8-9-4-1-2-7-17-9/h3,5-6,9H,1-2,4,7-8H2. The predicted octanol–water partition coefficient (Wildman–Crippen LogP) is 3.32. The van der Waals surface area contributed by atoms with E-state index in [-0.39, 0.29) is 0 Å². The lowest BCUT2D eigenvalue weighted by Gasteiger charge is -2.19. The number of nitrogens with zero attached hydrogens (tertiary/aromatic N) is 3. The van der Waals surface area contributed by atoms with E-state index < -0.39 is 0 Å². The maximum atomic E-state index is 4.58. The molecule has 0 radical (unpaired) electrons. The van der Waals surface area contributed by atoms with E-state index >= 15 is 0 Å².